The highest BCUT2D eigenvalue weighted by molar-refractivity contribution is 6.31. The summed E-state index contributed by atoms with van der Waals surface area (Å²) in [7, 11) is 1.46. The molecule has 1 aromatic carbocycles. The first-order valence-electron chi connectivity index (χ1n) is 4.55. The Morgan fingerprint density at radius 2 is 2.06 bits per heavy atom. The van der Waals surface area contributed by atoms with Gasteiger partial charge in [0.1, 0.15) is 5.75 Å². The van der Waals surface area contributed by atoms with Crippen LogP contribution in [0.2, 0.25) is 5.02 Å². The van der Waals surface area contributed by atoms with Gasteiger partial charge in [-0.3, -0.25) is 4.79 Å². The SMILES string of the molecule is CNCC(=O)c1cc(Cl)cc(C(F)(F)F)c1O. The van der Waals surface area contributed by atoms with Crippen LogP contribution in [0.3, 0.4) is 0 Å². The first kappa shape index (κ1) is 13.8. The molecule has 1 rings (SSSR count). The van der Waals surface area contributed by atoms with E-state index < -0.39 is 28.8 Å². The van der Waals surface area contributed by atoms with Crippen LogP contribution in [0.1, 0.15) is 15.9 Å². The van der Waals surface area contributed by atoms with Crippen molar-refractivity contribution < 1.29 is 23.1 Å². The lowest BCUT2D eigenvalue weighted by atomic mass is 10.0. The molecule has 17 heavy (non-hydrogen) atoms. The van der Waals surface area contributed by atoms with Crippen LogP contribution in [-0.2, 0) is 6.18 Å². The van der Waals surface area contributed by atoms with E-state index in [0.717, 1.165) is 6.07 Å². The summed E-state index contributed by atoms with van der Waals surface area (Å²) in [5.74, 6) is -1.76. The summed E-state index contributed by atoms with van der Waals surface area (Å²) in [6.07, 6.45) is -4.76. The minimum atomic E-state index is -4.76. The maximum atomic E-state index is 12.5. The molecule has 0 atom stereocenters. The zero-order valence-electron chi connectivity index (χ0n) is 8.73. The maximum absolute atomic E-state index is 12.5. The van der Waals surface area contributed by atoms with Crippen LogP contribution >= 0.6 is 11.6 Å². The van der Waals surface area contributed by atoms with Crippen LogP contribution in [0, 0.1) is 0 Å². The molecule has 2 N–H and O–H groups in total. The molecule has 0 spiro atoms. The molecule has 0 saturated heterocycles. The Labute approximate surface area is 100 Å². The number of halogens is 4. The zero-order valence-corrected chi connectivity index (χ0v) is 9.49. The van der Waals surface area contributed by atoms with E-state index >= 15 is 0 Å². The lowest BCUT2D eigenvalue weighted by Crippen LogP contribution is -2.19. The van der Waals surface area contributed by atoms with Crippen molar-refractivity contribution in [2.75, 3.05) is 13.6 Å². The number of Topliss-reactive ketones (excluding diaryl/α,β-unsaturated/α-hetero) is 1. The third-order valence-corrected chi connectivity index (χ3v) is 2.24. The molecule has 0 aliphatic carbocycles. The molecule has 0 heterocycles. The Balaban J connectivity index is 3.34. The summed E-state index contributed by atoms with van der Waals surface area (Å²) >= 11 is 5.49. The smallest absolute Gasteiger partial charge is 0.420 e. The van der Waals surface area contributed by atoms with Crippen molar-refractivity contribution in [3.05, 3.63) is 28.3 Å². The van der Waals surface area contributed by atoms with Gasteiger partial charge in [-0.2, -0.15) is 13.2 Å². The molecule has 0 fully saturated rings. The Bertz CT molecular complexity index is 446. The largest absolute Gasteiger partial charge is 0.507 e. The van der Waals surface area contributed by atoms with Gasteiger partial charge in [0.15, 0.2) is 5.78 Å². The van der Waals surface area contributed by atoms with E-state index in [2.05, 4.69) is 5.32 Å². The van der Waals surface area contributed by atoms with Gasteiger partial charge < -0.3 is 10.4 Å². The first-order valence-corrected chi connectivity index (χ1v) is 4.92. The predicted molar refractivity (Wildman–Crippen MR) is 56.4 cm³/mol. The van der Waals surface area contributed by atoms with E-state index in [4.69, 9.17) is 11.6 Å². The third kappa shape index (κ3) is 3.10. The van der Waals surface area contributed by atoms with Gasteiger partial charge in [-0.1, -0.05) is 11.6 Å². The number of hydrogen-bond donors (Lipinski definition) is 2. The highest BCUT2D eigenvalue weighted by Gasteiger charge is 2.36. The minimum Gasteiger partial charge on any atom is -0.507 e. The fourth-order valence-electron chi connectivity index (χ4n) is 1.28. The summed E-state index contributed by atoms with van der Waals surface area (Å²) in [5, 5.41) is 11.6. The number of likely N-dealkylation sites (N-methyl/N-ethyl adjacent to an activating group) is 1. The molecular formula is C10H9ClF3NO2. The van der Waals surface area contributed by atoms with E-state index in [9.17, 15) is 23.1 Å². The van der Waals surface area contributed by atoms with Gasteiger partial charge in [0, 0.05) is 5.02 Å². The predicted octanol–water partition coefficient (Wildman–Crippen LogP) is 2.47. The summed E-state index contributed by atoms with van der Waals surface area (Å²) in [6, 6.07) is 1.58. The number of carbonyl (C=O) groups is 1. The number of nitrogens with one attached hydrogen (secondary N) is 1. The second-order valence-corrected chi connectivity index (χ2v) is 3.74. The normalized spacial score (nSPS) is 11.6. The van der Waals surface area contributed by atoms with E-state index in [0.29, 0.717) is 6.07 Å². The molecule has 0 aromatic heterocycles. The number of alkyl halides is 3. The number of benzene rings is 1. The van der Waals surface area contributed by atoms with Gasteiger partial charge in [-0.05, 0) is 19.2 Å². The highest BCUT2D eigenvalue weighted by Crippen LogP contribution is 2.39. The molecular weight excluding hydrogens is 259 g/mol. The Kier molecular flexibility index (Phi) is 4.00. The fraction of sp³-hybridized carbons (Fsp3) is 0.300. The topological polar surface area (TPSA) is 49.3 Å². The Morgan fingerprint density at radius 3 is 2.53 bits per heavy atom. The van der Waals surface area contributed by atoms with Crippen molar-refractivity contribution in [1.29, 1.82) is 0 Å². The quantitative estimate of drug-likeness (QED) is 0.827. The van der Waals surface area contributed by atoms with Crippen LogP contribution < -0.4 is 5.32 Å². The van der Waals surface area contributed by atoms with Gasteiger partial charge in [-0.25, -0.2) is 0 Å². The summed E-state index contributed by atoms with van der Waals surface area (Å²) in [4.78, 5) is 11.4. The second-order valence-electron chi connectivity index (χ2n) is 3.30. The van der Waals surface area contributed by atoms with Gasteiger partial charge in [0.25, 0.3) is 0 Å². The maximum Gasteiger partial charge on any atom is 0.420 e. The highest BCUT2D eigenvalue weighted by atomic mass is 35.5. The monoisotopic (exact) mass is 267 g/mol. The Morgan fingerprint density at radius 1 is 1.47 bits per heavy atom. The molecule has 0 amide bonds. The van der Waals surface area contributed by atoms with Crippen molar-refractivity contribution in [1.82, 2.24) is 5.32 Å². The zero-order chi connectivity index (χ0) is 13.2. The number of hydrogen-bond acceptors (Lipinski definition) is 3. The van der Waals surface area contributed by atoms with E-state index in [1.807, 2.05) is 0 Å². The fourth-order valence-corrected chi connectivity index (χ4v) is 1.50. The van der Waals surface area contributed by atoms with Crippen LogP contribution in [0.15, 0.2) is 12.1 Å². The number of phenolic OH excluding ortho intramolecular Hbond substituents is 1. The molecule has 0 saturated carbocycles. The van der Waals surface area contributed by atoms with E-state index in [1.165, 1.54) is 7.05 Å². The van der Waals surface area contributed by atoms with Crippen molar-refractivity contribution in [3.63, 3.8) is 0 Å². The average molecular weight is 268 g/mol. The molecule has 3 nitrogen and oxygen atoms in total. The van der Waals surface area contributed by atoms with Gasteiger partial charge >= 0.3 is 6.18 Å². The summed E-state index contributed by atoms with van der Waals surface area (Å²) in [5.41, 5.74) is -1.76. The molecule has 0 unspecified atom stereocenters. The molecule has 0 bridgehead atoms. The van der Waals surface area contributed by atoms with Crippen molar-refractivity contribution in [3.8, 4) is 5.75 Å². The Hall–Kier alpha value is -1.27. The van der Waals surface area contributed by atoms with Crippen LogP contribution in [0.5, 0.6) is 5.75 Å². The van der Waals surface area contributed by atoms with Gasteiger partial charge in [0.2, 0.25) is 0 Å². The van der Waals surface area contributed by atoms with Crippen LogP contribution in [0.4, 0.5) is 13.2 Å². The summed E-state index contributed by atoms with van der Waals surface area (Å²) in [6.45, 7) is -0.189. The average Bonchev–Trinajstić information content (AvgIpc) is 2.19. The van der Waals surface area contributed by atoms with Crippen molar-refractivity contribution >= 4 is 17.4 Å². The molecule has 0 aliphatic rings. The molecule has 7 heteroatoms. The number of rotatable bonds is 3. The van der Waals surface area contributed by atoms with E-state index in [1.54, 1.807) is 0 Å². The molecule has 0 aliphatic heterocycles. The third-order valence-electron chi connectivity index (χ3n) is 2.02. The van der Waals surface area contributed by atoms with Crippen molar-refractivity contribution in [2.24, 2.45) is 0 Å². The summed E-state index contributed by atoms with van der Waals surface area (Å²) < 4.78 is 37.5. The van der Waals surface area contributed by atoms with Gasteiger partial charge in [0.05, 0.1) is 17.7 Å². The first-order chi connectivity index (χ1) is 7.77. The van der Waals surface area contributed by atoms with Gasteiger partial charge in [-0.15, -0.1) is 0 Å². The number of ketones is 1. The number of carbonyl (C=O) groups excluding carboxylic acids is 1. The van der Waals surface area contributed by atoms with Crippen molar-refractivity contribution in [2.45, 2.75) is 6.18 Å². The van der Waals surface area contributed by atoms with Crippen LogP contribution in [-0.4, -0.2) is 24.5 Å². The molecule has 1 aromatic rings. The second kappa shape index (κ2) is 4.93. The minimum absolute atomic E-state index is 0.189. The number of phenols is 1. The lowest BCUT2D eigenvalue weighted by molar-refractivity contribution is -0.138. The lowest BCUT2D eigenvalue weighted by Gasteiger charge is -2.12. The molecule has 94 valence electrons. The molecule has 0 radical (unpaired) electrons. The standard InChI is InChI=1S/C10H9ClF3NO2/c1-15-4-8(16)6-2-5(11)3-7(9(6)17)10(12,13)14/h2-3,15,17H,4H2,1H3. The van der Waals surface area contributed by atoms with E-state index in [-0.39, 0.29) is 11.6 Å². The van der Waals surface area contributed by atoms with Crippen LogP contribution in [0.25, 0.3) is 0 Å². The number of aromatic hydroxyl groups is 1.